The molecule has 0 saturated heterocycles. The minimum Gasteiger partial charge on any atom is -0.344 e. The lowest BCUT2D eigenvalue weighted by Crippen LogP contribution is -2.27. The largest absolute Gasteiger partial charge is 0.344 e. The predicted molar refractivity (Wildman–Crippen MR) is 99.4 cm³/mol. The van der Waals surface area contributed by atoms with Crippen LogP contribution in [0.3, 0.4) is 0 Å². The van der Waals surface area contributed by atoms with Crippen LogP contribution in [0.25, 0.3) is 10.9 Å². The summed E-state index contributed by atoms with van der Waals surface area (Å²) in [5.74, 6) is 0. The highest BCUT2D eigenvalue weighted by Crippen LogP contribution is 2.31. The number of hydrogen-bond acceptors (Lipinski definition) is 2. The zero-order valence-corrected chi connectivity index (χ0v) is 12.5. The Balaban J connectivity index is 2.21. The van der Waals surface area contributed by atoms with E-state index < -0.39 is 121 Å². The van der Waals surface area contributed by atoms with Crippen LogP contribution in [0.2, 0.25) is 0 Å². The summed E-state index contributed by atoms with van der Waals surface area (Å²) in [6.07, 6.45) is -7.34. The Labute approximate surface area is 172 Å². The number of rotatable bonds is 3. The van der Waals surface area contributed by atoms with Crippen molar-refractivity contribution in [2.24, 2.45) is 0 Å². The van der Waals surface area contributed by atoms with Gasteiger partial charge in [0.1, 0.15) is 0 Å². The third-order valence-electron chi connectivity index (χ3n) is 3.44. The summed E-state index contributed by atoms with van der Waals surface area (Å²) in [7, 11) is 0.907. The van der Waals surface area contributed by atoms with Crippen molar-refractivity contribution in [3.63, 3.8) is 0 Å². The summed E-state index contributed by atoms with van der Waals surface area (Å²) in [6, 6.07) is -5.02. The molecule has 0 atom stereocenters. The summed E-state index contributed by atoms with van der Waals surface area (Å²) in [5.41, 5.74) is -5.19. The van der Waals surface area contributed by atoms with E-state index in [-0.39, 0.29) is 0 Å². The molecule has 0 spiro atoms. The third kappa shape index (κ3) is 2.73. The van der Waals surface area contributed by atoms with Gasteiger partial charge in [-0.15, -0.1) is 0 Å². The first-order valence-corrected chi connectivity index (χ1v) is 6.96. The monoisotopic (exact) mass is 339 g/mol. The number of aryl methyl sites for hydroxylation is 2. The van der Waals surface area contributed by atoms with Crippen LogP contribution in [0.5, 0.6) is 0 Å². The molecule has 0 bridgehead atoms. The SMILES string of the molecule is [2H]c1nc(C([2H])([2H])[2H])c([2H])c([2H])c1C([2H])([2H])Cn1c2c(c3c([2H])c(C([2H])([2H])[2H])c([2H])c([2H])c31)C([2H])([2H])N(C)C([2H])([2H])C2([2H])[2H]. The zero-order chi connectivity index (χ0) is 34.1. The summed E-state index contributed by atoms with van der Waals surface area (Å²) in [6.45, 7) is -13.6. The minimum atomic E-state index is -3.24. The van der Waals surface area contributed by atoms with E-state index in [9.17, 15) is 0 Å². The average molecular weight is 340 g/mol. The van der Waals surface area contributed by atoms with Crippen LogP contribution in [0.4, 0.5) is 0 Å². The van der Waals surface area contributed by atoms with E-state index >= 15 is 0 Å². The summed E-state index contributed by atoms with van der Waals surface area (Å²) >= 11 is 0. The Hall–Kier alpha value is -2.13. The highest BCUT2D eigenvalue weighted by atomic mass is 15.1. The molecule has 2 aromatic heterocycles. The Morgan fingerprint density at radius 1 is 1.33 bits per heavy atom. The van der Waals surface area contributed by atoms with Crippen molar-refractivity contribution in [1.29, 1.82) is 0 Å². The highest BCUT2D eigenvalue weighted by molar-refractivity contribution is 5.86. The van der Waals surface area contributed by atoms with Crippen molar-refractivity contribution in [1.82, 2.24) is 14.5 Å². The first kappa shape index (κ1) is 4.73. The first-order chi connectivity index (χ1) is 19.6. The molecule has 124 valence electrons. The fourth-order valence-electron chi connectivity index (χ4n) is 2.41. The van der Waals surface area contributed by atoms with E-state index in [4.69, 9.17) is 27.4 Å². The molecule has 3 nitrogen and oxygen atoms in total. The van der Waals surface area contributed by atoms with Crippen LogP contribution < -0.4 is 0 Å². The van der Waals surface area contributed by atoms with Gasteiger partial charge < -0.3 is 9.47 Å². The number of fused-ring (bicyclic) bond motifs is 3. The number of nitrogens with zero attached hydrogens (tertiary/aromatic N) is 3. The van der Waals surface area contributed by atoms with E-state index in [0.717, 1.165) is 7.05 Å². The van der Waals surface area contributed by atoms with Gasteiger partial charge >= 0.3 is 0 Å². The second-order valence-corrected chi connectivity index (χ2v) is 5.06. The molecule has 1 aromatic carbocycles. The summed E-state index contributed by atoms with van der Waals surface area (Å²) in [4.78, 5) is 3.88. The van der Waals surface area contributed by atoms with Gasteiger partial charge in [0, 0.05) is 73.6 Å². The van der Waals surface area contributed by atoms with Crippen LogP contribution in [-0.4, -0.2) is 28.0 Å². The van der Waals surface area contributed by atoms with Gasteiger partial charge in [0.15, 0.2) is 0 Å². The molecule has 1 aliphatic heterocycles. The van der Waals surface area contributed by atoms with Crippen molar-refractivity contribution in [3.8, 4) is 0 Å². The Morgan fingerprint density at radius 2 is 2.29 bits per heavy atom. The number of pyridine rings is 1. The molecule has 3 heterocycles. The van der Waals surface area contributed by atoms with E-state index in [1.165, 1.54) is 0 Å². The Bertz CT molecular complexity index is 1700. The van der Waals surface area contributed by atoms with E-state index in [0.29, 0.717) is 9.47 Å². The van der Waals surface area contributed by atoms with Crippen molar-refractivity contribution in [2.45, 2.75) is 39.5 Å². The molecule has 0 N–H and O–H groups in total. The number of benzene rings is 1. The lowest BCUT2D eigenvalue weighted by Gasteiger charge is -2.24. The molecule has 0 radical (unpaired) electrons. The molecule has 0 aliphatic carbocycles. The van der Waals surface area contributed by atoms with Gasteiger partial charge in [-0.2, -0.15) is 0 Å². The number of aromatic nitrogens is 2. The van der Waals surface area contributed by atoms with Gasteiger partial charge in [0.25, 0.3) is 0 Å². The van der Waals surface area contributed by atoms with Crippen LogP contribution >= 0.6 is 0 Å². The topological polar surface area (TPSA) is 21.1 Å². The quantitative estimate of drug-likeness (QED) is 0.722. The Morgan fingerprint density at radius 3 is 3.17 bits per heavy atom. The molecule has 0 unspecified atom stereocenters. The standard InChI is InChI=1S/C21H25N3/c1-15-4-7-20-18(12-15)19-14-23(3)10-9-21(19)24(20)11-8-17-6-5-16(2)22-13-17/h4-7,12-13H,8-11,14H2,1-3H3/i1D3,2D3,4D,5D,6D,7D,8D2,9D2,10D2,12D,13D,14D2. The van der Waals surface area contributed by atoms with Gasteiger partial charge in [0.2, 0.25) is 0 Å². The van der Waals surface area contributed by atoms with Crippen LogP contribution in [0, 0.1) is 13.7 Å². The van der Waals surface area contributed by atoms with Crippen LogP contribution in [0.15, 0.2) is 36.4 Å². The average Bonchev–Trinajstić information content (AvgIpc) is 3.18. The molecule has 1 aliphatic rings. The van der Waals surface area contributed by atoms with Gasteiger partial charge in [-0.05, 0) is 56.4 Å². The number of likely N-dealkylation sites (N-methyl/N-ethyl adjacent to an activating group) is 1. The lowest BCUT2D eigenvalue weighted by molar-refractivity contribution is 0.309. The molecule has 3 heteroatoms. The second-order valence-electron chi connectivity index (χ2n) is 5.06. The van der Waals surface area contributed by atoms with Crippen LogP contribution in [-0.2, 0) is 25.8 Å². The fourth-order valence-corrected chi connectivity index (χ4v) is 2.41. The van der Waals surface area contributed by atoms with Crippen molar-refractivity contribution < 1.29 is 27.4 Å². The maximum Gasteiger partial charge on any atom is 0.0843 e. The first-order valence-electron chi connectivity index (χ1n) is 17.0. The molecule has 0 fully saturated rings. The van der Waals surface area contributed by atoms with E-state index in [1.807, 2.05) is 0 Å². The molecular weight excluding hydrogens is 294 g/mol. The van der Waals surface area contributed by atoms with Crippen LogP contribution in [0.1, 0.15) is 55.5 Å². The number of hydrogen-bond donors (Lipinski definition) is 0. The minimum absolute atomic E-state index is 0.376. The van der Waals surface area contributed by atoms with Gasteiger partial charge in [0.05, 0.1) is 8.22 Å². The predicted octanol–water partition coefficient (Wildman–Crippen LogP) is 3.88. The maximum absolute atomic E-state index is 8.80. The van der Waals surface area contributed by atoms with E-state index in [2.05, 4.69) is 4.98 Å². The maximum atomic E-state index is 8.80. The van der Waals surface area contributed by atoms with Gasteiger partial charge in [-0.1, -0.05) is 17.6 Å². The normalized spacial score (nSPS) is 35.0. The van der Waals surface area contributed by atoms with E-state index in [1.54, 1.807) is 0 Å². The molecule has 0 amide bonds. The molecule has 4 rings (SSSR count). The zero-order valence-electron chi connectivity index (χ0n) is 32.5. The van der Waals surface area contributed by atoms with Gasteiger partial charge in [-0.3, -0.25) is 4.98 Å². The van der Waals surface area contributed by atoms with Gasteiger partial charge in [-0.25, -0.2) is 0 Å². The lowest BCUT2D eigenvalue weighted by atomic mass is 10.0. The smallest absolute Gasteiger partial charge is 0.0843 e. The summed E-state index contributed by atoms with van der Waals surface area (Å²) < 4.78 is 167. The Kier molecular flexibility index (Phi) is 1.19. The molecule has 24 heavy (non-hydrogen) atoms. The van der Waals surface area contributed by atoms with Crippen molar-refractivity contribution >= 4 is 10.9 Å². The molecular formula is C21H25N3. The summed E-state index contributed by atoms with van der Waals surface area (Å²) in [5, 5.41) is -0.673. The highest BCUT2D eigenvalue weighted by Gasteiger charge is 2.22. The molecule has 3 aromatic rings. The molecule has 0 saturated carbocycles. The third-order valence-corrected chi connectivity index (χ3v) is 3.44. The van der Waals surface area contributed by atoms with Crippen molar-refractivity contribution in [3.05, 3.63) is 64.5 Å². The fraction of sp³-hybridized carbons (Fsp3) is 0.381. The second kappa shape index (κ2) is 6.06. The van der Waals surface area contributed by atoms with Crippen molar-refractivity contribution in [2.75, 3.05) is 13.5 Å².